The Balaban J connectivity index is 1.41. The molecular weight excluding hydrogens is 581 g/mol. The minimum Gasteiger partial charge on any atom is -0.383 e. The van der Waals surface area contributed by atoms with Crippen molar-refractivity contribution in [2.75, 3.05) is 36.5 Å². The van der Waals surface area contributed by atoms with E-state index >= 15 is 0 Å². The number of nitrogens with zero attached hydrogens (tertiary/aromatic N) is 3. The van der Waals surface area contributed by atoms with Crippen LogP contribution >= 0.6 is 0 Å². The van der Waals surface area contributed by atoms with Crippen molar-refractivity contribution in [1.82, 2.24) is 20.2 Å². The van der Waals surface area contributed by atoms with E-state index in [-0.39, 0.29) is 35.3 Å². The van der Waals surface area contributed by atoms with E-state index in [0.29, 0.717) is 47.6 Å². The Morgan fingerprint density at radius 2 is 1.82 bits per heavy atom. The van der Waals surface area contributed by atoms with Gasteiger partial charge in [0.1, 0.15) is 11.6 Å². The molecule has 3 heterocycles. The average molecular weight is 619 g/mol. The highest BCUT2D eigenvalue weighted by molar-refractivity contribution is 6.17. The fraction of sp³-hybridized carbons (Fsp3) is 0.333. The molecule has 12 heteroatoms. The van der Waals surface area contributed by atoms with Crippen molar-refractivity contribution in [3.63, 3.8) is 0 Å². The van der Waals surface area contributed by atoms with E-state index in [0.717, 1.165) is 49.6 Å². The molecule has 3 aromatic rings. The molecule has 236 valence electrons. The zero-order valence-electron chi connectivity index (χ0n) is 25.0. The first kappa shape index (κ1) is 31.7. The number of pyridine rings is 2. The van der Waals surface area contributed by atoms with Crippen molar-refractivity contribution in [2.45, 2.75) is 50.4 Å². The van der Waals surface area contributed by atoms with E-state index in [9.17, 15) is 23.4 Å². The number of rotatable bonds is 5. The molecule has 1 aliphatic carbocycles. The largest absolute Gasteiger partial charge is 0.416 e. The number of hydrogen-bond acceptors (Lipinski definition) is 8. The summed E-state index contributed by atoms with van der Waals surface area (Å²) >= 11 is 0. The minimum absolute atomic E-state index is 0.0211. The van der Waals surface area contributed by atoms with E-state index in [1.807, 2.05) is 19.2 Å². The Morgan fingerprint density at radius 1 is 1.11 bits per heavy atom. The molecule has 1 fully saturated rings. The predicted molar refractivity (Wildman–Crippen MR) is 172 cm³/mol. The average Bonchev–Trinajstić information content (AvgIpc) is 3.00. The second-order valence-corrected chi connectivity index (χ2v) is 11.5. The normalized spacial score (nSPS) is 20.1. The molecule has 1 amide bonds. The molecule has 2 aromatic heterocycles. The Bertz CT molecular complexity index is 1600. The van der Waals surface area contributed by atoms with E-state index < -0.39 is 11.7 Å². The number of nitrogen functional groups attached to an aromatic ring is 1. The van der Waals surface area contributed by atoms with E-state index in [2.05, 4.69) is 37.4 Å². The molecule has 1 aromatic carbocycles. The summed E-state index contributed by atoms with van der Waals surface area (Å²) < 4.78 is 39.4. The topological polar surface area (TPSA) is 132 Å². The Kier molecular flexibility index (Phi) is 9.52. The first-order valence-corrected chi connectivity index (χ1v) is 14.9. The van der Waals surface area contributed by atoms with Gasteiger partial charge in [-0.15, -0.1) is 0 Å². The van der Waals surface area contributed by atoms with Crippen LogP contribution in [-0.2, 0) is 11.0 Å². The van der Waals surface area contributed by atoms with Gasteiger partial charge in [0, 0.05) is 60.8 Å². The van der Waals surface area contributed by atoms with Crippen LogP contribution in [-0.4, -0.2) is 58.7 Å². The lowest BCUT2D eigenvalue weighted by molar-refractivity contribution is -0.137. The summed E-state index contributed by atoms with van der Waals surface area (Å²) in [5.41, 5.74) is 9.33. The van der Waals surface area contributed by atoms with Crippen LogP contribution in [0.3, 0.4) is 0 Å². The monoisotopic (exact) mass is 618 g/mol. The van der Waals surface area contributed by atoms with Crippen molar-refractivity contribution in [3.05, 3.63) is 89.3 Å². The number of aromatic nitrogens is 2. The molecule has 0 saturated heterocycles. The number of likely N-dealkylation sites (N-methyl/N-ethyl adjacent to an activating group) is 1. The summed E-state index contributed by atoms with van der Waals surface area (Å²) in [4.78, 5) is 23.0. The van der Waals surface area contributed by atoms with Gasteiger partial charge in [-0.25, -0.2) is 9.97 Å². The Morgan fingerprint density at radius 3 is 2.56 bits per heavy atom. The lowest BCUT2D eigenvalue weighted by Gasteiger charge is -2.32. The van der Waals surface area contributed by atoms with Crippen molar-refractivity contribution < 1.29 is 18.0 Å². The van der Waals surface area contributed by atoms with Crippen molar-refractivity contribution in [3.8, 4) is 0 Å². The number of nitrogens with two attached hydrogens (primary N) is 1. The molecule has 1 saturated carbocycles. The lowest BCUT2D eigenvalue weighted by Crippen LogP contribution is -2.42. The molecule has 0 radical (unpaired) electrons. The minimum atomic E-state index is -4.49. The number of nitrogens with one attached hydrogen (secondary N) is 4. The standard InChI is InChI=1S/C33H37F3N8O/c1-20(41-27-17-24(12-14-39-27)33(34,35)36)21-8-10-22(11-9-21)30(37)29-31-23(19-40-32(29)38)5-4-15-44(2)16-13-28(45)42-25-6-3-7-26(18-25)43-31/h4-5,8-12,14,17,19,25-26,37,43H,1,3,6-7,13,15-16,18H2,2H3,(H2,38,40)(H,39,41)(H,42,45)/b5-4+,37-30?. The predicted octanol–water partition coefficient (Wildman–Crippen LogP) is 5.76. The zero-order chi connectivity index (χ0) is 32.1. The van der Waals surface area contributed by atoms with Gasteiger partial charge in [-0.3, -0.25) is 10.2 Å². The maximum Gasteiger partial charge on any atom is 0.416 e. The molecule has 2 atom stereocenters. The van der Waals surface area contributed by atoms with Gasteiger partial charge in [-0.1, -0.05) is 43.0 Å². The number of carbonyl (C=O) groups excluding carboxylic acids is 1. The van der Waals surface area contributed by atoms with Crippen LogP contribution in [0, 0.1) is 5.41 Å². The highest BCUT2D eigenvalue weighted by atomic mass is 19.4. The van der Waals surface area contributed by atoms with E-state index in [1.165, 1.54) is 0 Å². The third kappa shape index (κ3) is 7.88. The van der Waals surface area contributed by atoms with Crippen molar-refractivity contribution >= 4 is 40.7 Å². The number of carbonyl (C=O) groups is 1. The molecule has 2 aliphatic rings. The molecule has 9 nitrogen and oxygen atoms in total. The number of amides is 1. The van der Waals surface area contributed by atoms with Gasteiger partial charge in [0.15, 0.2) is 0 Å². The molecule has 0 spiro atoms. The number of hydrogen-bond donors (Lipinski definition) is 5. The Labute approximate surface area is 260 Å². The summed E-state index contributed by atoms with van der Waals surface area (Å²) in [6.07, 6.45) is 6.27. The van der Waals surface area contributed by atoms with Crippen LogP contribution in [0.1, 0.15) is 59.9 Å². The number of benzene rings is 1. The molecule has 2 unspecified atom stereocenters. The van der Waals surface area contributed by atoms with Crippen molar-refractivity contribution in [2.24, 2.45) is 0 Å². The fourth-order valence-corrected chi connectivity index (χ4v) is 5.66. The molecule has 6 N–H and O–H groups in total. The van der Waals surface area contributed by atoms with Gasteiger partial charge < -0.3 is 26.6 Å². The summed E-state index contributed by atoms with van der Waals surface area (Å²) in [6.45, 7) is 5.23. The first-order chi connectivity index (χ1) is 21.5. The highest BCUT2D eigenvalue weighted by Gasteiger charge is 2.31. The van der Waals surface area contributed by atoms with Crippen LogP contribution in [0.4, 0.5) is 30.5 Å². The van der Waals surface area contributed by atoms with Crippen LogP contribution in [0.2, 0.25) is 0 Å². The summed E-state index contributed by atoms with van der Waals surface area (Å²) in [5, 5.41) is 18.9. The van der Waals surface area contributed by atoms with Crippen LogP contribution in [0.25, 0.3) is 11.8 Å². The first-order valence-electron chi connectivity index (χ1n) is 14.9. The molecular formula is C33H37F3N8O. The number of anilines is 3. The van der Waals surface area contributed by atoms with Gasteiger partial charge in [-0.2, -0.15) is 13.2 Å². The van der Waals surface area contributed by atoms with Gasteiger partial charge in [0.25, 0.3) is 0 Å². The highest BCUT2D eigenvalue weighted by Crippen LogP contribution is 2.33. The van der Waals surface area contributed by atoms with E-state index in [1.54, 1.807) is 30.5 Å². The van der Waals surface area contributed by atoms with Crippen LogP contribution in [0.5, 0.6) is 0 Å². The number of fused-ring (bicyclic) bond motifs is 3. The second kappa shape index (κ2) is 13.5. The maximum atomic E-state index is 13.1. The third-order valence-corrected chi connectivity index (χ3v) is 8.10. The van der Waals surface area contributed by atoms with Gasteiger partial charge in [0.05, 0.1) is 22.5 Å². The molecule has 2 bridgehead atoms. The maximum absolute atomic E-state index is 13.1. The molecule has 45 heavy (non-hydrogen) atoms. The summed E-state index contributed by atoms with van der Waals surface area (Å²) in [5.74, 6) is 0.286. The second-order valence-electron chi connectivity index (χ2n) is 11.5. The smallest absolute Gasteiger partial charge is 0.383 e. The van der Waals surface area contributed by atoms with Gasteiger partial charge >= 0.3 is 6.18 Å². The quantitative estimate of drug-likeness (QED) is 0.230. The third-order valence-electron chi connectivity index (χ3n) is 8.10. The van der Waals surface area contributed by atoms with Crippen molar-refractivity contribution in [1.29, 1.82) is 5.41 Å². The lowest BCUT2D eigenvalue weighted by atomic mass is 9.89. The van der Waals surface area contributed by atoms with Crippen LogP contribution in [0.15, 0.2) is 61.4 Å². The zero-order valence-corrected chi connectivity index (χ0v) is 25.0. The number of alkyl halides is 3. The number of halogens is 3. The van der Waals surface area contributed by atoms with Gasteiger partial charge in [-0.05, 0) is 50.4 Å². The van der Waals surface area contributed by atoms with Crippen LogP contribution < -0.4 is 21.7 Å². The Hall–Kier alpha value is -4.71. The summed E-state index contributed by atoms with van der Waals surface area (Å²) in [6, 6.07) is 8.91. The molecule has 1 aliphatic heterocycles. The fourth-order valence-electron chi connectivity index (χ4n) is 5.66. The van der Waals surface area contributed by atoms with E-state index in [4.69, 9.17) is 5.73 Å². The SMILES string of the molecule is C=C(Nc1cc(C(F)(F)F)ccn1)c1ccc(C(=N)c2c(N)ncc3c2NC2CCCC(C2)NC(=O)CCN(C)C/C=C/3)cc1. The molecule has 5 rings (SSSR count). The van der Waals surface area contributed by atoms with Gasteiger partial charge in [0.2, 0.25) is 5.91 Å². The summed E-state index contributed by atoms with van der Waals surface area (Å²) in [7, 11) is 1.96.